The quantitative estimate of drug-likeness (QED) is 0.561. The fraction of sp³-hybridized carbons (Fsp3) is 0.150. The number of carbonyl (C=O) groups excluding carboxylic acids is 1. The molecule has 0 bridgehead atoms. The van der Waals surface area contributed by atoms with Crippen molar-refractivity contribution in [1.29, 1.82) is 0 Å². The Balaban J connectivity index is 1.93. The summed E-state index contributed by atoms with van der Waals surface area (Å²) in [7, 11) is 5.40. The van der Waals surface area contributed by atoms with E-state index in [1.165, 1.54) is 25.5 Å². The summed E-state index contributed by atoms with van der Waals surface area (Å²) in [5.74, 6) is -0.201. The molecule has 1 heterocycles. The minimum Gasteiger partial charge on any atom is -0.507 e. The second kappa shape index (κ2) is 6.73. The van der Waals surface area contributed by atoms with Crippen molar-refractivity contribution in [2.45, 2.75) is 0 Å². The minimum absolute atomic E-state index is 0.123. The fourth-order valence-electron chi connectivity index (χ4n) is 2.66. The van der Waals surface area contributed by atoms with Crippen molar-refractivity contribution in [3.05, 3.63) is 59.9 Å². The lowest BCUT2D eigenvalue weighted by Crippen LogP contribution is -2.07. The first-order valence-corrected chi connectivity index (χ1v) is 7.78. The van der Waals surface area contributed by atoms with Crippen molar-refractivity contribution in [3.8, 4) is 11.5 Å². The Hall–Kier alpha value is -3.21. The molecule has 1 N–H and O–H groups in total. The average Bonchev–Trinajstić information content (AvgIpc) is 3.06. The zero-order chi connectivity index (χ0) is 18.0. The molecule has 3 aromatic rings. The van der Waals surface area contributed by atoms with Crippen molar-refractivity contribution >= 4 is 28.5 Å². The number of anilines is 1. The third-order valence-corrected chi connectivity index (χ3v) is 3.98. The highest BCUT2D eigenvalue weighted by atomic mass is 16.5. The molecular weight excluding hydrogens is 318 g/mol. The molecule has 25 heavy (non-hydrogen) atoms. The van der Waals surface area contributed by atoms with Crippen LogP contribution in [0.3, 0.4) is 0 Å². The van der Waals surface area contributed by atoms with Gasteiger partial charge in [-0.05, 0) is 29.8 Å². The molecule has 0 atom stereocenters. The van der Waals surface area contributed by atoms with Gasteiger partial charge in [-0.3, -0.25) is 4.79 Å². The number of aromatic hydroxyl groups is 1. The number of phenolic OH excluding ortho intramolecular Hbond substituents is 1. The minimum atomic E-state index is -0.339. The number of ketones is 1. The molecule has 0 spiro atoms. The molecule has 3 rings (SSSR count). The first kappa shape index (κ1) is 16.6. The number of benzene rings is 2. The van der Waals surface area contributed by atoms with Crippen LogP contribution in [-0.2, 0) is 0 Å². The fourth-order valence-corrected chi connectivity index (χ4v) is 2.66. The van der Waals surface area contributed by atoms with Crippen molar-refractivity contribution in [3.63, 3.8) is 0 Å². The van der Waals surface area contributed by atoms with Gasteiger partial charge in [0.1, 0.15) is 22.6 Å². The van der Waals surface area contributed by atoms with Gasteiger partial charge in [0.2, 0.25) is 0 Å². The molecule has 5 heteroatoms. The van der Waals surface area contributed by atoms with Crippen molar-refractivity contribution in [2.24, 2.45) is 0 Å². The van der Waals surface area contributed by atoms with E-state index in [2.05, 4.69) is 0 Å². The van der Waals surface area contributed by atoms with E-state index in [4.69, 9.17) is 9.15 Å². The maximum atomic E-state index is 12.6. The van der Waals surface area contributed by atoms with E-state index >= 15 is 0 Å². The van der Waals surface area contributed by atoms with Gasteiger partial charge in [-0.15, -0.1) is 0 Å². The maximum Gasteiger partial charge on any atom is 0.193 e. The molecule has 0 saturated heterocycles. The number of ether oxygens (including phenoxy) is 1. The summed E-state index contributed by atoms with van der Waals surface area (Å²) in [5, 5.41) is 10.8. The molecule has 128 valence electrons. The number of hydrogen-bond donors (Lipinski definition) is 1. The molecule has 0 fully saturated rings. The molecule has 0 amide bonds. The molecule has 0 aliphatic rings. The maximum absolute atomic E-state index is 12.6. The van der Waals surface area contributed by atoms with Crippen molar-refractivity contribution < 1.29 is 19.1 Å². The highest BCUT2D eigenvalue weighted by molar-refractivity contribution is 6.13. The predicted molar refractivity (Wildman–Crippen MR) is 98.6 cm³/mol. The van der Waals surface area contributed by atoms with Gasteiger partial charge in [0.15, 0.2) is 5.78 Å². The van der Waals surface area contributed by atoms with Gasteiger partial charge in [0.25, 0.3) is 0 Å². The normalized spacial score (nSPS) is 11.2. The number of nitrogens with zero attached hydrogens (tertiary/aromatic N) is 1. The zero-order valence-electron chi connectivity index (χ0n) is 14.3. The SMILES string of the molecule is COc1c(C(=O)C=Cc2ccc(N(C)C)cc2)c(O)cc2occc12. The first-order chi connectivity index (χ1) is 12.0. The van der Waals surface area contributed by atoms with Crippen LogP contribution in [0, 0.1) is 0 Å². The summed E-state index contributed by atoms with van der Waals surface area (Å²) in [4.78, 5) is 14.6. The summed E-state index contributed by atoms with van der Waals surface area (Å²) < 4.78 is 10.6. The summed E-state index contributed by atoms with van der Waals surface area (Å²) in [6.07, 6.45) is 4.62. The highest BCUT2D eigenvalue weighted by Gasteiger charge is 2.20. The number of methoxy groups -OCH3 is 1. The number of phenols is 1. The topological polar surface area (TPSA) is 62.9 Å². The van der Waals surface area contributed by atoms with Crippen LogP contribution in [0.15, 0.2) is 53.2 Å². The number of carbonyl (C=O) groups is 1. The number of fused-ring (bicyclic) bond motifs is 1. The molecule has 1 aromatic heterocycles. The molecule has 0 saturated carbocycles. The van der Waals surface area contributed by atoms with Gasteiger partial charge in [-0.1, -0.05) is 18.2 Å². The van der Waals surface area contributed by atoms with E-state index in [1.54, 1.807) is 12.1 Å². The summed E-state index contributed by atoms with van der Waals surface area (Å²) >= 11 is 0. The van der Waals surface area contributed by atoms with Crippen LogP contribution in [0.25, 0.3) is 17.0 Å². The standard InChI is InChI=1S/C20H19NO4/c1-21(2)14-7-4-13(5-8-14)6-9-16(22)19-17(23)12-18-15(10-11-25-18)20(19)24-3/h4-12,23H,1-3H3. The van der Waals surface area contributed by atoms with Crippen LogP contribution in [0.4, 0.5) is 5.69 Å². The molecule has 5 nitrogen and oxygen atoms in total. The first-order valence-electron chi connectivity index (χ1n) is 7.78. The van der Waals surface area contributed by atoms with E-state index in [-0.39, 0.29) is 17.1 Å². The third kappa shape index (κ3) is 3.21. The van der Waals surface area contributed by atoms with E-state index in [0.29, 0.717) is 16.7 Å². The Bertz CT molecular complexity index is 936. The van der Waals surface area contributed by atoms with E-state index in [1.807, 2.05) is 43.3 Å². The predicted octanol–water partition coefficient (Wildman–Crippen LogP) is 4.11. The number of allylic oxidation sites excluding steroid dienone is 1. The Labute approximate surface area is 145 Å². The summed E-state index contributed by atoms with van der Waals surface area (Å²) in [6, 6.07) is 10.9. The molecular formula is C20H19NO4. The van der Waals surface area contributed by atoms with Gasteiger partial charge < -0.3 is 19.2 Å². The lowest BCUT2D eigenvalue weighted by Gasteiger charge is -2.11. The van der Waals surface area contributed by atoms with E-state index in [9.17, 15) is 9.90 Å². The number of rotatable bonds is 5. The molecule has 0 aliphatic carbocycles. The smallest absolute Gasteiger partial charge is 0.193 e. The van der Waals surface area contributed by atoms with Crippen LogP contribution in [0.5, 0.6) is 11.5 Å². The van der Waals surface area contributed by atoms with Crippen LogP contribution in [0.1, 0.15) is 15.9 Å². The van der Waals surface area contributed by atoms with Crippen LogP contribution in [0.2, 0.25) is 0 Å². The van der Waals surface area contributed by atoms with Gasteiger partial charge in [0.05, 0.1) is 18.8 Å². The Morgan fingerprint density at radius 1 is 1.20 bits per heavy atom. The second-order valence-corrected chi connectivity index (χ2v) is 5.82. The Morgan fingerprint density at radius 2 is 1.92 bits per heavy atom. The van der Waals surface area contributed by atoms with Gasteiger partial charge >= 0.3 is 0 Å². The van der Waals surface area contributed by atoms with E-state index < -0.39 is 0 Å². The Kier molecular flexibility index (Phi) is 4.48. The lowest BCUT2D eigenvalue weighted by molar-refractivity contribution is 0.104. The van der Waals surface area contributed by atoms with Crippen molar-refractivity contribution in [1.82, 2.24) is 0 Å². The highest BCUT2D eigenvalue weighted by Crippen LogP contribution is 2.37. The van der Waals surface area contributed by atoms with Crippen LogP contribution < -0.4 is 9.64 Å². The van der Waals surface area contributed by atoms with Crippen molar-refractivity contribution in [2.75, 3.05) is 26.1 Å². The molecule has 0 radical (unpaired) electrons. The van der Waals surface area contributed by atoms with Gasteiger partial charge in [-0.25, -0.2) is 0 Å². The van der Waals surface area contributed by atoms with Crippen LogP contribution >= 0.6 is 0 Å². The third-order valence-electron chi connectivity index (χ3n) is 3.98. The van der Waals surface area contributed by atoms with Crippen LogP contribution in [-0.4, -0.2) is 32.1 Å². The van der Waals surface area contributed by atoms with Gasteiger partial charge in [0, 0.05) is 25.8 Å². The zero-order valence-corrected chi connectivity index (χ0v) is 14.3. The second-order valence-electron chi connectivity index (χ2n) is 5.82. The summed E-state index contributed by atoms with van der Waals surface area (Å²) in [6.45, 7) is 0. The molecule has 0 aliphatic heterocycles. The Morgan fingerprint density at radius 3 is 2.56 bits per heavy atom. The molecule has 2 aromatic carbocycles. The number of hydrogen-bond acceptors (Lipinski definition) is 5. The monoisotopic (exact) mass is 337 g/mol. The number of furan rings is 1. The summed E-state index contributed by atoms with van der Waals surface area (Å²) in [5.41, 5.74) is 2.56. The largest absolute Gasteiger partial charge is 0.507 e. The molecule has 0 unspecified atom stereocenters. The van der Waals surface area contributed by atoms with Gasteiger partial charge in [-0.2, -0.15) is 0 Å². The van der Waals surface area contributed by atoms with E-state index in [0.717, 1.165) is 11.3 Å². The lowest BCUT2D eigenvalue weighted by atomic mass is 10.0. The average molecular weight is 337 g/mol.